The molecular weight excluding hydrogens is 214 g/mol. The quantitative estimate of drug-likeness (QED) is 0.804. The summed E-state index contributed by atoms with van der Waals surface area (Å²) in [6.45, 7) is 4.54. The molecule has 1 aromatic carbocycles. The lowest BCUT2D eigenvalue weighted by molar-refractivity contribution is 0.390. The molecule has 0 N–H and O–H groups in total. The summed E-state index contributed by atoms with van der Waals surface area (Å²) in [4.78, 5) is 2.41. The van der Waals surface area contributed by atoms with E-state index in [4.69, 9.17) is 9.47 Å². The number of benzene rings is 1. The first-order valence-corrected chi connectivity index (χ1v) is 6.21. The molecule has 0 spiro atoms. The Kier molecular flexibility index (Phi) is 3.77. The Hall–Kier alpha value is -1.38. The minimum Gasteiger partial charge on any atom is -0.497 e. The lowest BCUT2D eigenvalue weighted by Crippen LogP contribution is -2.34. The van der Waals surface area contributed by atoms with Gasteiger partial charge in [0.2, 0.25) is 0 Å². The van der Waals surface area contributed by atoms with Gasteiger partial charge in [0.05, 0.1) is 19.9 Å². The van der Waals surface area contributed by atoms with Crippen LogP contribution in [0.4, 0.5) is 5.69 Å². The largest absolute Gasteiger partial charge is 0.497 e. The molecule has 1 aliphatic heterocycles. The number of rotatable bonds is 3. The van der Waals surface area contributed by atoms with E-state index in [0.29, 0.717) is 0 Å². The Bertz CT molecular complexity index is 378. The number of hydrogen-bond acceptors (Lipinski definition) is 3. The van der Waals surface area contributed by atoms with E-state index in [1.165, 1.54) is 18.5 Å². The summed E-state index contributed by atoms with van der Waals surface area (Å²) in [5, 5.41) is 0. The summed E-state index contributed by atoms with van der Waals surface area (Å²) in [6, 6.07) is 6.04. The van der Waals surface area contributed by atoms with Crippen LogP contribution in [0.15, 0.2) is 18.2 Å². The van der Waals surface area contributed by atoms with Crippen LogP contribution in [0.25, 0.3) is 0 Å². The van der Waals surface area contributed by atoms with Crippen LogP contribution in [0.1, 0.15) is 19.8 Å². The Balaban J connectivity index is 2.24. The molecule has 94 valence electrons. The van der Waals surface area contributed by atoms with Crippen molar-refractivity contribution in [3.8, 4) is 11.5 Å². The molecule has 1 unspecified atom stereocenters. The molecule has 0 aromatic heterocycles. The number of nitrogens with zero attached hydrogens (tertiary/aromatic N) is 1. The van der Waals surface area contributed by atoms with Crippen molar-refractivity contribution in [2.45, 2.75) is 19.8 Å². The number of hydrogen-bond donors (Lipinski definition) is 0. The van der Waals surface area contributed by atoms with Gasteiger partial charge in [0.15, 0.2) is 0 Å². The lowest BCUT2D eigenvalue weighted by atomic mass is 9.99. The zero-order valence-electron chi connectivity index (χ0n) is 10.9. The Morgan fingerprint density at radius 2 is 2.06 bits per heavy atom. The van der Waals surface area contributed by atoms with Gasteiger partial charge in [-0.1, -0.05) is 6.92 Å². The Morgan fingerprint density at radius 1 is 1.24 bits per heavy atom. The predicted octanol–water partition coefficient (Wildman–Crippen LogP) is 2.94. The highest BCUT2D eigenvalue weighted by molar-refractivity contribution is 5.61. The monoisotopic (exact) mass is 235 g/mol. The molecule has 1 aromatic rings. The van der Waals surface area contributed by atoms with Gasteiger partial charge in [-0.3, -0.25) is 0 Å². The zero-order chi connectivity index (χ0) is 12.3. The van der Waals surface area contributed by atoms with Crippen molar-refractivity contribution in [1.29, 1.82) is 0 Å². The topological polar surface area (TPSA) is 21.7 Å². The second kappa shape index (κ2) is 5.30. The van der Waals surface area contributed by atoms with E-state index in [-0.39, 0.29) is 0 Å². The van der Waals surface area contributed by atoms with Crippen LogP contribution in [0.5, 0.6) is 11.5 Å². The summed E-state index contributed by atoms with van der Waals surface area (Å²) in [5.41, 5.74) is 1.18. The molecule has 0 saturated carbocycles. The Labute approximate surface area is 103 Å². The van der Waals surface area contributed by atoms with E-state index in [0.717, 1.165) is 30.5 Å². The van der Waals surface area contributed by atoms with Crippen molar-refractivity contribution in [3.63, 3.8) is 0 Å². The van der Waals surface area contributed by atoms with Crippen molar-refractivity contribution in [3.05, 3.63) is 18.2 Å². The molecule has 2 rings (SSSR count). The number of methoxy groups -OCH3 is 2. The third-order valence-corrected chi connectivity index (χ3v) is 3.38. The van der Waals surface area contributed by atoms with Crippen molar-refractivity contribution >= 4 is 5.69 Å². The lowest BCUT2D eigenvalue weighted by Gasteiger charge is -2.33. The van der Waals surface area contributed by atoms with Crippen molar-refractivity contribution in [2.24, 2.45) is 5.92 Å². The maximum atomic E-state index is 5.45. The van der Waals surface area contributed by atoms with Gasteiger partial charge in [-0.05, 0) is 30.9 Å². The van der Waals surface area contributed by atoms with Crippen molar-refractivity contribution in [1.82, 2.24) is 0 Å². The molecule has 1 saturated heterocycles. The fraction of sp³-hybridized carbons (Fsp3) is 0.571. The number of ether oxygens (including phenoxy) is 2. The summed E-state index contributed by atoms with van der Waals surface area (Å²) < 4.78 is 10.7. The fourth-order valence-electron chi connectivity index (χ4n) is 2.45. The average molecular weight is 235 g/mol. The average Bonchev–Trinajstić information content (AvgIpc) is 2.38. The van der Waals surface area contributed by atoms with Crippen LogP contribution in [0, 0.1) is 5.92 Å². The summed E-state index contributed by atoms with van der Waals surface area (Å²) in [5.74, 6) is 2.50. The van der Waals surface area contributed by atoms with Gasteiger partial charge >= 0.3 is 0 Å². The highest BCUT2D eigenvalue weighted by Gasteiger charge is 2.19. The minimum atomic E-state index is 0.760. The normalized spacial score (nSPS) is 20.2. The van der Waals surface area contributed by atoms with E-state index in [1.807, 2.05) is 12.1 Å². The van der Waals surface area contributed by atoms with E-state index in [9.17, 15) is 0 Å². The molecule has 1 fully saturated rings. The van der Waals surface area contributed by atoms with Crippen LogP contribution in [-0.4, -0.2) is 27.3 Å². The van der Waals surface area contributed by atoms with Crippen LogP contribution < -0.4 is 14.4 Å². The van der Waals surface area contributed by atoms with Gasteiger partial charge < -0.3 is 14.4 Å². The van der Waals surface area contributed by atoms with Gasteiger partial charge in [-0.15, -0.1) is 0 Å². The van der Waals surface area contributed by atoms with E-state index in [2.05, 4.69) is 17.9 Å². The SMILES string of the molecule is COc1ccc(N2CCCC(C)C2)c(OC)c1. The van der Waals surface area contributed by atoms with Crippen LogP contribution in [0.3, 0.4) is 0 Å². The van der Waals surface area contributed by atoms with Crippen molar-refractivity contribution in [2.75, 3.05) is 32.2 Å². The number of anilines is 1. The first-order valence-electron chi connectivity index (χ1n) is 6.21. The maximum Gasteiger partial charge on any atom is 0.145 e. The maximum absolute atomic E-state index is 5.45. The highest BCUT2D eigenvalue weighted by Crippen LogP contribution is 2.34. The van der Waals surface area contributed by atoms with Crippen molar-refractivity contribution < 1.29 is 9.47 Å². The third-order valence-electron chi connectivity index (χ3n) is 3.38. The van der Waals surface area contributed by atoms with Gasteiger partial charge in [0.1, 0.15) is 11.5 Å². The molecule has 17 heavy (non-hydrogen) atoms. The van der Waals surface area contributed by atoms with E-state index >= 15 is 0 Å². The van der Waals surface area contributed by atoms with E-state index < -0.39 is 0 Å². The molecule has 0 radical (unpaired) electrons. The zero-order valence-corrected chi connectivity index (χ0v) is 10.9. The molecule has 1 atom stereocenters. The van der Waals surface area contributed by atoms with Gasteiger partial charge in [0.25, 0.3) is 0 Å². The molecule has 0 aliphatic carbocycles. The molecule has 1 heterocycles. The summed E-state index contributed by atoms with van der Waals surface area (Å²) in [6.07, 6.45) is 2.59. The molecular formula is C14H21NO2. The Morgan fingerprint density at radius 3 is 2.71 bits per heavy atom. The highest BCUT2D eigenvalue weighted by atomic mass is 16.5. The summed E-state index contributed by atoms with van der Waals surface area (Å²) >= 11 is 0. The number of piperidine rings is 1. The molecule has 0 bridgehead atoms. The van der Waals surface area contributed by atoms with Crippen LogP contribution >= 0.6 is 0 Å². The van der Waals surface area contributed by atoms with Crippen LogP contribution in [-0.2, 0) is 0 Å². The van der Waals surface area contributed by atoms with Gasteiger partial charge in [-0.2, -0.15) is 0 Å². The molecule has 3 heteroatoms. The molecule has 1 aliphatic rings. The van der Waals surface area contributed by atoms with Gasteiger partial charge in [-0.25, -0.2) is 0 Å². The summed E-state index contributed by atoms with van der Waals surface area (Å²) in [7, 11) is 3.39. The second-order valence-electron chi connectivity index (χ2n) is 4.73. The van der Waals surface area contributed by atoms with Crippen LogP contribution in [0.2, 0.25) is 0 Å². The predicted molar refractivity (Wildman–Crippen MR) is 70.2 cm³/mol. The first kappa shape index (κ1) is 12.1. The smallest absolute Gasteiger partial charge is 0.145 e. The standard InChI is InChI=1S/C14H21NO2/c1-11-5-4-8-15(10-11)13-7-6-12(16-2)9-14(13)17-3/h6-7,9,11H,4-5,8,10H2,1-3H3. The van der Waals surface area contributed by atoms with Gasteiger partial charge in [0, 0.05) is 19.2 Å². The minimum absolute atomic E-state index is 0.760. The third kappa shape index (κ3) is 2.65. The second-order valence-corrected chi connectivity index (χ2v) is 4.73. The fourth-order valence-corrected chi connectivity index (χ4v) is 2.45. The molecule has 0 amide bonds. The molecule has 3 nitrogen and oxygen atoms in total. The first-order chi connectivity index (χ1) is 8.24. The van der Waals surface area contributed by atoms with E-state index in [1.54, 1.807) is 14.2 Å².